The second-order valence-electron chi connectivity index (χ2n) is 9.80. The Morgan fingerprint density at radius 1 is 0.927 bits per heavy atom. The van der Waals surface area contributed by atoms with E-state index in [0.29, 0.717) is 22.3 Å². The fourth-order valence-electron chi connectivity index (χ4n) is 5.23. The maximum absolute atomic E-state index is 14.1. The summed E-state index contributed by atoms with van der Waals surface area (Å²) < 4.78 is 40.3. The van der Waals surface area contributed by atoms with Gasteiger partial charge in [0.1, 0.15) is 5.82 Å². The summed E-state index contributed by atoms with van der Waals surface area (Å²) in [6.07, 6.45) is -4.66. The fourth-order valence-corrected chi connectivity index (χ4v) is 5.23. The van der Waals surface area contributed by atoms with Crippen LogP contribution in [0.3, 0.4) is 0 Å². The van der Waals surface area contributed by atoms with Crippen molar-refractivity contribution in [1.29, 1.82) is 0 Å². The average molecular weight is 560 g/mol. The summed E-state index contributed by atoms with van der Waals surface area (Å²) in [5, 5.41) is 3.51. The molecule has 1 aromatic heterocycles. The van der Waals surface area contributed by atoms with Gasteiger partial charge in [-0.3, -0.25) is 14.5 Å². The van der Waals surface area contributed by atoms with Gasteiger partial charge in [0.05, 0.1) is 19.6 Å². The number of benzene rings is 3. The first-order valence-electron chi connectivity index (χ1n) is 12.8. The van der Waals surface area contributed by atoms with E-state index in [1.807, 2.05) is 60.7 Å². The molecule has 4 aromatic rings. The molecule has 0 radical (unpaired) electrons. The first-order chi connectivity index (χ1) is 19.7. The zero-order valence-electron chi connectivity index (χ0n) is 21.6. The maximum atomic E-state index is 14.1. The SMILES string of the molecule is NC1=NC(c2ccccc2)(c2ccccc2)C(=O)N1Cc1cccc(C(=O)N2CCn3nc(C(F)(F)F)nc3C2)c1. The molecule has 0 saturated carbocycles. The Kier molecular flexibility index (Phi) is 6.32. The van der Waals surface area contributed by atoms with Crippen molar-refractivity contribution in [3.63, 3.8) is 0 Å². The highest BCUT2D eigenvalue weighted by Crippen LogP contribution is 2.40. The van der Waals surface area contributed by atoms with Gasteiger partial charge in [-0.2, -0.15) is 13.2 Å². The van der Waals surface area contributed by atoms with Gasteiger partial charge in [0, 0.05) is 12.1 Å². The zero-order valence-corrected chi connectivity index (χ0v) is 21.6. The number of nitrogens with zero attached hydrogens (tertiary/aromatic N) is 6. The van der Waals surface area contributed by atoms with Crippen molar-refractivity contribution in [1.82, 2.24) is 24.6 Å². The number of alkyl halides is 3. The van der Waals surface area contributed by atoms with Crippen molar-refractivity contribution >= 4 is 17.8 Å². The Bertz CT molecular complexity index is 1610. The number of halogens is 3. The van der Waals surface area contributed by atoms with E-state index < -0.39 is 17.5 Å². The molecule has 6 rings (SSSR count). The Balaban J connectivity index is 1.24. The summed E-state index contributed by atoms with van der Waals surface area (Å²) in [6.45, 7) is 0.241. The van der Waals surface area contributed by atoms with E-state index >= 15 is 0 Å². The van der Waals surface area contributed by atoms with Crippen LogP contribution in [-0.2, 0) is 36.1 Å². The van der Waals surface area contributed by atoms with Gasteiger partial charge in [-0.15, -0.1) is 5.10 Å². The minimum absolute atomic E-state index is 0.0512. The molecule has 41 heavy (non-hydrogen) atoms. The molecule has 0 aliphatic carbocycles. The number of nitrogens with two attached hydrogens (primary N) is 1. The maximum Gasteiger partial charge on any atom is 0.453 e. The molecule has 3 heterocycles. The lowest BCUT2D eigenvalue weighted by atomic mass is 9.83. The van der Waals surface area contributed by atoms with E-state index in [2.05, 4.69) is 10.1 Å². The van der Waals surface area contributed by atoms with Gasteiger partial charge in [0.15, 0.2) is 11.5 Å². The molecule has 0 atom stereocenters. The lowest BCUT2D eigenvalue weighted by Gasteiger charge is -2.28. The number of hydrogen-bond acceptors (Lipinski definition) is 6. The van der Waals surface area contributed by atoms with Gasteiger partial charge in [-0.1, -0.05) is 72.8 Å². The van der Waals surface area contributed by atoms with Crippen LogP contribution in [0.15, 0.2) is 89.9 Å². The monoisotopic (exact) mass is 559 g/mol. The number of aliphatic imine (C=N–C) groups is 1. The lowest BCUT2D eigenvalue weighted by molar-refractivity contribution is -0.145. The molecule has 0 saturated heterocycles. The van der Waals surface area contributed by atoms with Gasteiger partial charge >= 0.3 is 6.18 Å². The molecule has 2 aliphatic rings. The molecule has 2 aliphatic heterocycles. The highest BCUT2D eigenvalue weighted by Gasteiger charge is 2.50. The molecule has 9 nitrogen and oxygen atoms in total. The van der Waals surface area contributed by atoms with Crippen LogP contribution in [0.4, 0.5) is 13.2 Å². The molecular weight excluding hydrogens is 535 g/mol. The summed E-state index contributed by atoms with van der Waals surface area (Å²) in [5.74, 6) is -1.79. The highest BCUT2D eigenvalue weighted by molar-refractivity contribution is 6.09. The summed E-state index contributed by atoms with van der Waals surface area (Å²) in [6, 6.07) is 25.1. The normalized spacial score (nSPS) is 16.5. The second kappa shape index (κ2) is 9.88. The summed E-state index contributed by atoms with van der Waals surface area (Å²) in [7, 11) is 0. The van der Waals surface area contributed by atoms with Gasteiger partial charge in [-0.05, 0) is 28.8 Å². The van der Waals surface area contributed by atoms with Crippen LogP contribution in [-0.4, -0.2) is 48.9 Å². The molecule has 208 valence electrons. The van der Waals surface area contributed by atoms with E-state index in [4.69, 9.17) is 10.7 Å². The zero-order chi connectivity index (χ0) is 28.8. The third-order valence-electron chi connectivity index (χ3n) is 7.21. The highest BCUT2D eigenvalue weighted by atomic mass is 19.4. The summed E-state index contributed by atoms with van der Waals surface area (Å²) in [5.41, 5.74) is 7.32. The predicted molar refractivity (Wildman–Crippen MR) is 142 cm³/mol. The smallest absolute Gasteiger partial charge is 0.369 e. The number of fused-ring (bicyclic) bond motifs is 1. The third-order valence-corrected chi connectivity index (χ3v) is 7.21. The number of carbonyl (C=O) groups excluding carboxylic acids is 2. The standard InChI is InChI=1S/C29H24F3N7O2/c30-29(31,32)25-34-23-18-37(14-15-39(23)36-25)24(40)20-9-7-8-19(16-20)17-38-26(41)28(35-27(38)33,21-10-3-1-4-11-21)22-12-5-2-6-13-22/h1-13,16H,14-15,17-18H2,(H2,33,35). The number of rotatable bonds is 5. The number of carbonyl (C=O) groups is 2. The van der Waals surface area contributed by atoms with Gasteiger partial charge in [-0.25, -0.2) is 14.7 Å². The van der Waals surface area contributed by atoms with Crippen LogP contribution in [0.2, 0.25) is 0 Å². The van der Waals surface area contributed by atoms with E-state index in [9.17, 15) is 22.8 Å². The van der Waals surface area contributed by atoms with Crippen molar-refractivity contribution in [2.24, 2.45) is 10.7 Å². The topological polar surface area (TPSA) is 110 Å². The number of aromatic nitrogens is 3. The van der Waals surface area contributed by atoms with Crippen LogP contribution < -0.4 is 5.73 Å². The predicted octanol–water partition coefficient (Wildman–Crippen LogP) is 3.55. The van der Waals surface area contributed by atoms with Crippen LogP contribution in [0.25, 0.3) is 0 Å². The Morgan fingerprint density at radius 2 is 1.59 bits per heavy atom. The quantitative estimate of drug-likeness (QED) is 0.402. The minimum Gasteiger partial charge on any atom is -0.369 e. The number of hydrogen-bond donors (Lipinski definition) is 1. The summed E-state index contributed by atoms with van der Waals surface area (Å²) >= 11 is 0. The third kappa shape index (κ3) is 4.60. The van der Waals surface area contributed by atoms with Crippen LogP contribution >= 0.6 is 0 Å². The molecular formula is C29H24F3N7O2. The molecule has 0 unspecified atom stereocenters. The van der Waals surface area contributed by atoms with Gasteiger partial charge in [0.2, 0.25) is 0 Å². The van der Waals surface area contributed by atoms with Gasteiger partial charge in [0.25, 0.3) is 17.6 Å². The largest absolute Gasteiger partial charge is 0.453 e. The Morgan fingerprint density at radius 3 is 2.22 bits per heavy atom. The average Bonchev–Trinajstić information content (AvgIpc) is 3.53. The van der Waals surface area contributed by atoms with Crippen molar-refractivity contribution in [2.45, 2.75) is 31.3 Å². The van der Waals surface area contributed by atoms with E-state index in [0.717, 1.165) is 0 Å². The molecule has 0 fully saturated rings. The van der Waals surface area contributed by atoms with Gasteiger partial charge < -0.3 is 10.6 Å². The number of amides is 2. The molecule has 12 heteroatoms. The lowest BCUT2D eigenvalue weighted by Crippen LogP contribution is -2.43. The van der Waals surface area contributed by atoms with Crippen molar-refractivity contribution in [2.75, 3.05) is 6.54 Å². The molecule has 0 spiro atoms. The van der Waals surface area contributed by atoms with Crippen LogP contribution in [0, 0.1) is 0 Å². The van der Waals surface area contributed by atoms with E-state index in [1.165, 1.54) is 14.5 Å². The summed E-state index contributed by atoms with van der Waals surface area (Å²) in [4.78, 5) is 38.5. The Labute approximate surface area is 232 Å². The van der Waals surface area contributed by atoms with Crippen molar-refractivity contribution in [3.05, 3.63) is 119 Å². The van der Waals surface area contributed by atoms with Crippen LogP contribution in [0.5, 0.6) is 0 Å². The first-order valence-corrected chi connectivity index (χ1v) is 12.8. The van der Waals surface area contributed by atoms with Crippen LogP contribution in [0.1, 0.15) is 38.7 Å². The second-order valence-corrected chi connectivity index (χ2v) is 9.80. The first kappa shape index (κ1) is 26.2. The minimum atomic E-state index is -4.66. The molecule has 3 aromatic carbocycles. The van der Waals surface area contributed by atoms with Crippen molar-refractivity contribution < 1.29 is 22.8 Å². The van der Waals surface area contributed by atoms with E-state index in [-0.39, 0.29) is 49.8 Å². The van der Waals surface area contributed by atoms with E-state index in [1.54, 1.807) is 24.3 Å². The Hall–Kier alpha value is -5.00. The fraction of sp³-hybridized carbons (Fsp3) is 0.207. The van der Waals surface area contributed by atoms with Crippen molar-refractivity contribution in [3.8, 4) is 0 Å². The molecule has 2 N–H and O–H groups in total. The number of guanidine groups is 1. The molecule has 0 bridgehead atoms. The molecule has 2 amide bonds.